The summed E-state index contributed by atoms with van der Waals surface area (Å²) in [7, 11) is 1.45. The molecule has 0 atom stereocenters. The Balaban J connectivity index is 0. The van der Waals surface area contributed by atoms with Crippen LogP contribution in [0.1, 0.15) is 20.8 Å². The van der Waals surface area contributed by atoms with E-state index in [1.807, 2.05) is 5.43 Å². The smallest absolute Gasteiger partial charge is 0.214 e. The van der Waals surface area contributed by atoms with Gasteiger partial charge in [0.05, 0.1) is 0 Å². The SMILES string of the molecule is CC(C)(C)[N+](=O)[O-].CNN=O. The zero-order valence-electron chi connectivity index (χ0n) is 7.12. The van der Waals surface area contributed by atoms with Crippen molar-refractivity contribution >= 4 is 0 Å². The molecule has 0 aliphatic heterocycles. The van der Waals surface area contributed by atoms with Gasteiger partial charge in [-0.1, -0.05) is 0 Å². The second-order valence-corrected chi connectivity index (χ2v) is 2.74. The van der Waals surface area contributed by atoms with Crippen molar-refractivity contribution in [2.24, 2.45) is 5.29 Å². The van der Waals surface area contributed by atoms with E-state index in [2.05, 4.69) is 5.29 Å². The van der Waals surface area contributed by atoms with Gasteiger partial charge in [-0.25, -0.2) is 0 Å². The zero-order chi connectivity index (χ0) is 9.49. The number of rotatable bonds is 1. The Labute approximate surface area is 65.1 Å². The topological polar surface area (TPSA) is 84.6 Å². The summed E-state index contributed by atoms with van der Waals surface area (Å²) in [4.78, 5) is 18.3. The lowest BCUT2D eigenvalue weighted by molar-refractivity contribution is -0.555. The first kappa shape index (κ1) is 12.5. The largest absolute Gasteiger partial charge is 0.277 e. The average Bonchev–Trinajstić information content (AvgIpc) is 1.87. The summed E-state index contributed by atoms with van der Waals surface area (Å²) in [5.74, 6) is 0. The van der Waals surface area contributed by atoms with Gasteiger partial charge in [-0.15, -0.1) is 4.91 Å². The molecule has 0 aromatic heterocycles. The predicted molar refractivity (Wildman–Crippen MR) is 41.6 cm³/mol. The third-order valence-electron chi connectivity index (χ3n) is 0.639. The highest BCUT2D eigenvalue weighted by Crippen LogP contribution is 2.02. The van der Waals surface area contributed by atoms with Crippen molar-refractivity contribution in [2.75, 3.05) is 7.05 Å². The van der Waals surface area contributed by atoms with Crippen LogP contribution in [0.15, 0.2) is 5.29 Å². The summed E-state index contributed by atoms with van der Waals surface area (Å²) >= 11 is 0. The number of hydrogen-bond acceptors (Lipinski definition) is 4. The molecule has 0 spiro atoms. The molecule has 66 valence electrons. The van der Waals surface area contributed by atoms with E-state index in [1.165, 1.54) is 7.05 Å². The molecule has 0 aliphatic carbocycles. The summed E-state index contributed by atoms with van der Waals surface area (Å²) in [6.07, 6.45) is 0. The number of nitro groups is 1. The fourth-order valence-electron chi connectivity index (χ4n) is 0. The maximum Gasteiger partial charge on any atom is 0.214 e. The van der Waals surface area contributed by atoms with Crippen molar-refractivity contribution in [1.29, 1.82) is 0 Å². The van der Waals surface area contributed by atoms with Crippen LogP contribution in [0.4, 0.5) is 0 Å². The Morgan fingerprint density at radius 2 is 1.64 bits per heavy atom. The minimum Gasteiger partial charge on any atom is -0.277 e. The van der Waals surface area contributed by atoms with E-state index >= 15 is 0 Å². The minimum absolute atomic E-state index is 0.312. The first-order chi connectivity index (χ1) is 4.86. The molecule has 0 radical (unpaired) electrons. The van der Waals surface area contributed by atoms with Crippen LogP contribution in [0.2, 0.25) is 0 Å². The van der Waals surface area contributed by atoms with Gasteiger partial charge in [-0.05, 0) is 0 Å². The highest BCUT2D eigenvalue weighted by atomic mass is 16.6. The third kappa shape index (κ3) is 12.1. The van der Waals surface area contributed by atoms with Gasteiger partial charge >= 0.3 is 0 Å². The Bertz CT molecular complexity index is 129. The van der Waals surface area contributed by atoms with Crippen molar-refractivity contribution in [3.05, 3.63) is 15.0 Å². The van der Waals surface area contributed by atoms with Gasteiger partial charge in [0.25, 0.3) is 0 Å². The van der Waals surface area contributed by atoms with Crippen molar-refractivity contribution in [3.63, 3.8) is 0 Å². The number of nitroso groups, excluding NO2 is 1. The fraction of sp³-hybridized carbons (Fsp3) is 1.00. The summed E-state index contributed by atoms with van der Waals surface area (Å²) in [6, 6.07) is 0. The first-order valence-electron chi connectivity index (χ1n) is 2.99. The maximum absolute atomic E-state index is 9.83. The van der Waals surface area contributed by atoms with E-state index in [0.29, 0.717) is 0 Å². The molecule has 0 saturated carbocycles. The summed E-state index contributed by atoms with van der Waals surface area (Å²) in [5.41, 5.74) is 1.22. The van der Waals surface area contributed by atoms with Gasteiger partial charge in [-0.3, -0.25) is 15.5 Å². The Hall–Kier alpha value is -1.20. The van der Waals surface area contributed by atoms with Crippen LogP contribution >= 0.6 is 0 Å². The van der Waals surface area contributed by atoms with Gasteiger partial charge in [0.15, 0.2) is 0 Å². The number of nitrogens with one attached hydrogen (secondary N) is 1. The van der Waals surface area contributed by atoms with Gasteiger partial charge in [-0.2, -0.15) is 0 Å². The number of nitrogens with zero attached hydrogens (tertiary/aromatic N) is 2. The van der Waals surface area contributed by atoms with Gasteiger partial charge in [0, 0.05) is 38.0 Å². The van der Waals surface area contributed by atoms with E-state index in [4.69, 9.17) is 4.91 Å². The summed E-state index contributed by atoms with van der Waals surface area (Å²) in [5, 5.41) is 12.1. The maximum atomic E-state index is 9.83. The van der Waals surface area contributed by atoms with Gasteiger partial charge in [0.2, 0.25) is 5.54 Å². The monoisotopic (exact) mass is 163 g/mol. The normalized spacial score (nSPS) is 9.09. The predicted octanol–water partition coefficient (Wildman–Crippen LogP) is 0.949. The van der Waals surface area contributed by atoms with E-state index in [0.717, 1.165) is 0 Å². The Kier molecular flexibility index (Phi) is 6.32. The first-order valence-corrected chi connectivity index (χ1v) is 2.99. The molecule has 0 rings (SSSR count). The van der Waals surface area contributed by atoms with Gasteiger partial charge < -0.3 is 0 Å². The zero-order valence-corrected chi connectivity index (χ0v) is 7.12. The van der Waals surface area contributed by atoms with Crippen LogP contribution < -0.4 is 5.43 Å². The lowest BCUT2D eigenvalue weighted by Crippen LogP contribution is -2.25. The third-order valence-corrected chi connectivity index (χ3v) is 0.639. The molecular weight excluding hydrogens is 150 g/mol. The highest BCUT2D eigenvalue weighted by molar-refractivity contribution is 4.54. The van der Waals surface area contributed by atoms with Crippen molar-refractivity contribution < 1.29 is 4.92 Å². The van der Waals surface area contributed by atoms with E-state index < -0.39 is 5.54 Å². The summed E-state index contributed by atoms with van der Waals surface area (Å²) < 4.78 is 0. The molecule has 6 heteroatoms. The molecule has 0 fully saturated rings. The molecule has 1 N–H and O–H groups in total. The quantitative estimate of drug-likeness (QED) is 0.354. The van der Waals surface area contributed by atoms with Gasteiger partial charge in [0.1, 0.15) is 0 Å². The molecule has 0 aliphatic rings. The van der Waals surface area contributed by atoms with E-state index in [-0.39, 0.29) is 4.92 Å². The van der Waals surface area contributed by atoms with Crippen LogP contribution in [0, 0.1) is 15.0 Å². The lowest BCUT2D eigenvalue weighted by Gasteiger charge is -2.05. The Morgan fingerprint density at radius 3 is 1.64 bits per heavy atom. The lowest BCUT2D eigenvalue weighted by atomic mass is 10.1. The molecule has 0 bridgehead atoms. The van der Waals surface area contributed by atoms with E-state index in [1.54, 1.807) is 20.8 Å². The molecule has 0 aromatic rings. The molecule has 0 unspecified atom stereocenters. The fourth-order valence-corrected chi connectivity index (χ4v) is 0. The molecule has 11 heavy (non-hydrogen) atoms. The molecular formula is C5H13N3O3. The van der Waals surface area contributed by atoms with Crippen LogP contribution in [0.25, 0.3) is 0 Å². The van der Waals surface area contributed by atoms with Crippen molar-refractivity contribution in [2.45, 2.75) is 26.3 Å². The second kappa shape index (κ2) is 5.57. The molecule has 0 saturated heterocycles. The average molecular weight is 163 g/mol. The van der Waals surface area contributed by atoms with Crippen molar-refractivity contribution in [3.8, 4) is 0 Å². The van der Waals surface area contributed by atoms with Crippen LogP contribution in [0.3, 0.4) is 0 Å². The molecule has 0 aromatic carbocycles. The Morgan fingerprint density at radius 1 is 1.45 bits per heavy atom. The molecule has 6 nitrogen and oxygen atoms in total. The van der Waals surface area contributed by atoms with Crippen molar-refractivity contribution in [1.82, 2.24) is 5.43 Å². The van der Waals surface area contributed by atoms with E-state index in [9.17, 15) is 10.1 Å². The van der Waals surface area contributed by atoms with Crippen LogP contribution in [-0.4, -0.2) is 17.5 Å². The highest BCUT2D eigenvalue weighted by Gasteiger charge is 2.21. The van der Waals surface area contributed by atoms with Crippen LogP contribution in [0.5, 0.6) is 0 Å². The molecule has 0 amide bonds. The second-order valence-electron chi connectivity index (χ2n) is 2.74. The minimum atomic E-state index is -0.778. The number of hydrogen-bond donors (Lipinski definition) is 1. The van der Waals surface area contributed by atoms with Crippen LogP contribution in [-0.2, 0) is 0 Å². The summed E-state index contributed by atoms with van der Waals surface area (Å²) in [6.45, 7) is 4.69. The molecule has 0 heterocycles. The standard InChI is InChI=1S/C4H9NO2.CH4N2O/c1-4(2,3)5(6)7;1-2-3-4/h1-3H3;1H3,(H,2,4).